The first-order chi connectivity index (χ1) is 13.4. The number of piperazine rings is 1. The number of anilines is 1. The van der Waals surface area contributed by atoms with E-state index in [0.717, 1.165) is 5.69 Å². The quantitative estimate of drug-likeness (QED) is 0.549. The zero-order chi connectivity index (χ0) is 20.1. The summed E-state index contributed by atoms with van der Waals surface area (Å²) in [6, 6.07) is 14.0. The molecule has 0 amide bonds. The lowest BCUT2D eigenvalue weighted by Crippen LogP contribution is -2.48. The molecule has 2 aromatic rings. The van der Waals surface area contributed by atoms with Crippen LogP contribution in [0.1, 0.15) is 5.56 Å². The Kier molecular flexibility index (Phi) is 6.39. The maximum absolute atomic E-state index is 13.0. The first-order valence-corrected chi connectivity index (χ1v) is 10.6. The summed E-state index contributed by atoms with van der Waals surface area (Å²) in [6.45, 7) is 1.86. The number of hydrogen-bond acceptors (Lipinski definition) is 5. The number of esters is 1. The van der Waals surface area contributed by atoms with E-state index in [1.54, 1.807) is 24.3 Å². The van der Waals surface area contributed by atoms with E-state index in [2.05, 4.69) is 9.64 Å². The fourth-order valence-corrected chi connectivity index (χ4v) is 4.77. The van der Waals surface area contributed by atoms with Crippen molar-refractivity contribution in [2.45, 2.75) is 4.90 Å². The number of hydrogen-bond donors (Lipinski definition) is 0. The van der Waals surface area contributed by atoms with Crippen molar-refractivity contribution in [1.29, 1.82) is 0 Å². The van der Waals surface area contributed by atoms with E-state index in [-0.39, 0.29) is 4.90 Å². The molecular formula is C20H21ClN2O4S. The second-order valence-corrected chi connectivity index (χ2v) is 8.62. The van der Waals surface area contributed by atoms with Crippen molar-refractivity contribution in [3.05, 3.63) is 65.2 Å². The summed E-state index contributed by atoms with van der Waals surface area (Å²) in [6.07, 6.45) is 2.79. The molecule has 0 bridgehead atoms. The minimum Gasteiger partial charge on any atom is -0.466 e. The van der Waals surface area contributed by atoms with Gasteiger partial charge in [0.1, 0.15) is 0 Å². The van der Waals surface area contributed by atoms with Crippen molar-refractivity contribution in [2.24, 2.45) is 0 Å². The minimum atomic E-state index is -3.62. The van der Waals surface area contributed by atoms with Gasteiger partial charge in [-0.05, 0) is 35.9 Å². The molecule has 0 aromatic heterocycles. The van der Waals surface area contributed by atoms with Gasteiger partial charge in [0.05, 0.1) is 22.7 Å². The van der Waals surface area contributed by atoms with Crippen LogP contribution in [0.2, 0.25) is 5.02 Å². The van der Waals surface area contributed by atoms with Crippen LogP contribution in [-0.4, -0.2) is 52.0 Å². The summed E-state index contributed by atoms with van der Waals surface area (Å²) in [5.74, 6) is -0.496. The fourth-order valence-electron chi connectivity index (χ4n) is 3.04. The van der Waals surface area contributed by atoms with Gasteiger partial charge in [-0.2, -0.15) is 4.31 Å². The van der Waals surface area contributed by atoms with Gasteiger partial charge in [-0.3, -0.25) is 0 Å². The second kappa shape index (κ2) is 8.77. The Morgan fingerprint density at radius 2 is 1.79 bits per heavy atom. The lowest BCUT2D eigenvalue weighted by atomic mass is 10.2. The number of carbonyl (C=O) groups is 1. The predicted molar refractivity (Wildman–Crippen MR) is 110 cm³/mol. The highest BCUT2D eigenvalue weighted by Gasteiger charge is 2.29. The van der Waals surface area contributed by atoms with Crippen molar-refractivity contribution >= 4 is 39.4 Å². The number of nitrogens with zero attached hydrogens (tertiary/aromatic N) is 2. The number of carbonyl (C=O) groups excluding carboxylic acids is 1. The highest BCUT2D eigenvalue weighted by molar-refractivity contribution is 7.89. The number of methoxy groups -OCH3 is 1. The van der Waals surface area contributed by atoms with Gasteiger partial charge in [0.2, 0.25) is 10.0 Å². The Hall–Kier alpha value is -2.35. The summed E-state index contributed by atoms with van der Waals surface area (Å²) in [4.78, 5) is 13.5. The topological polar surface area (TPSA) is 66.9 Å². The molecule has 0 atom stereocenters. The molecule has 0 radical (unpaired) electrons. The lowest BCUT2D eigenvalue weighted by molar-refractivity contribution is -0.134. The van der Waals surface area contributed by atoms with Crippen molar-refractivity contribution in [1.82, 2.24) is 4.31 Å². The SMILES string of the molecule is COC(=O)C=Cc1cccc(S(=O)(=O)N2CCN(c3ccccc3Cl)CC2)c1. The van der Waals surface area contributed by atoms with Gasteiger partial charge in [-0.15, -0.1) is 0 Å². The van der Waals surface area contributed by atoms with E-state index in [9.17, 15) is 13.2 Å². The van der Waals surface area contributed by atoms with Crippen LogP contribution in [0.5, 0.6) is 0 Å². The zero-order valence-electron chi connectivity index (χ0n) is 15.4. The molecule has 1 heterocycles. The highest BCUT2D eigenvalue weighted by atomic mass is 35.5. The largest absolute Gasteiger partial charge is 0.466 e. The predicted octanol–water partition coefficient (Wildman–Crippen LogP) is 3.04. The normalized spacial score (nSPS) is 15.7. The summed E-state index contributed by atoms with van der Waals surface area (Å²) < 4.78 is 32.0. The van der Waals surface area contributed by atoms with Crippen LogP contribution in [0.3, 0.4) is 0 Å². The van der Waals surface area contributed by atoms with Gasteiger partial charge in [0, 0.05) is 32.3 Å². The maximum Gasteiger partial charge on any atom is 0.330 e. The summed E-state index contributed by atoms with van der Waals surface area (Å²) in [5.41, 5.74) is 1.53. The fraction of sp³-hybridized carbons (Fsp3) is 0.250. The van der Waals surface area contributed by atoms with Crippen LogP contribution in [0, 0.1) is 0 Å². The molecule has 1 fully saturated rings. The molecule has 0 aliphatic carbocycles. The standard InChI is InChI=1S/C20H21ClN2O4S/c1-27-20(24)10-9-16-5-4-6-17(15-16)28(25,26)23-13-11-22(12-14-23)19-8-3-2-7-18(19)21/h2-10,15H,11-14H2,1H3. The molecule has 28 heavy (non-hydrogen) atoms. The number of sulfonamides is 1. The Morgan fingerprint density at radius 3 is 2.46 bits per heavy atom. The van der Waals surface area contributed by atoms with Gasteiger partial charge in [-0.25, -0.2) is 13.2 Å². The number of rotatable bonds is 5. The zero-order valence-corrected chi connectivity index (χ0v) is 17.0. The third kappa shape index (κ3) is 4.55. The van der Waals surface area contributed by atoms with Gasteiger partial charge in [0.25, 0.3) is 0 Å². The van der Waals surface area contributed by atoms with E-state index in [4.69, 9.17) is 11.6 Å². The van der Waals surface area contributed by atoms with Crippen LogP contribution in [-0.2, 0) is 19.6 Å². The monoisotopic (exact) mass is 420 g/mol. The Morgan fingerprint density at radius 1 is 1.07 bits per heavy atom. The lowest BCUT2D eigenvalue weighted by Gasteiger charge is -2.35. The second-order valence-electron chi connectivity index (χ2n) is 6.27. The Labute approximate surface area is 170 Å². The molecular weight excluding hydrogens is 400 g/mol. The molecule has 1 saturated heterocycles. The molecule has 0 unspecified atom stereocenters. The maximum atomic E-state index is 13.0. The van der Waals surface area contributed by atoms with Crippen LogP contribution in [0.4, 0.5) is 5.69 Å². The first-order valence-electron chi connectivity index (χ1n) is 8.77. The smallest absolute Gasteiger partial charge is 0.330 e. The molecule has 1 aliphatic rings. The third-order valence-electron chi connectivity index (χ3n) is 4.54. The summed E-state index contributed by atoms with van der Waals surface area (Å²) >= 11 is 6.25. The van der Waals surface area contributed by atoms with Crippen molar-refractivity contribution in [3.8, 4) is 0 Å². The van der Waals surface area contributed by atoms with Crippen LogP contribution in [0.15, 0.2) is 59.5 Å². The number of benzene rings is 2. The summed E-state index contributed by atoms with van der Waals surface area (Å²) in [5, 5.41) is 0.656. The third-order valence-corrected chi connectivity index (χ3v) is 6.75. The number of halogens is 1. The molecule has 1 aliphatic heterocycles. The van der Waals surface area contributed by atoms with Crippen molar-refractivity contribution < 1.29 is 17.9 Å². The molecule has 0 N–H and O–H groups in total. The number of ether oxygens (including phenoxy) is 1. The summed E-state index contributed by atoms with van der Waals surface area (Å²) in [7, 11) is -2.33. The van der Waals surface area contributed by atoms with Crippen LogP contribution in [0.25, 0.3) is 6.08 Å². The van der Waals surface area contributed by atoms with E-state index in [0.29, 0.717) is 36.8 Å². The van der Waals surface area contributed by atoms with Crippen molar-refractivity contribution in [2.75, 3.05) is 38.2 Å². The van der Waals surface area contributed by atoms with Crippen LogP contribution < -0.4 is 4.90 Å². The average molecular weight is 421 g/mol. The molecule has 6 nitrogen and oxygen atoms in total. The molecule has 3 rings (SSSR count). The van der Waals surface area contributed by atoms with Gasteiger partial charge in [-0.1, -0.05) is 35.9 Å². The van der Waals surface area contributed by atoms with E-state index >= 15 is 0 Å². The van der Waals surface area contributed by atoms with E-state index < -0.39 is 16.0 Å². The van der Waals surface area contributed by atoms with Gasteiger partial charge in [0.15, 0.2) is 0 Å². The van der Waals surface area contributed by atoms with Gasteiger partial charge >= 0.3 is 5.97 Å². The number of para-hydroxylation sites is 1. The Bertz CT molecular complexity index is 983. The van der Waals surface area contributed by atoms with Crippen molar-refractivity contribution in [3.63, 3.8) is 0 Å². The van der Waals surface area contributed by atoms with E-state index in [1.807, 2.05) is 24.3 Å². The molecule has 0 saturated carbocycles. The van der Waals surface area contributed by atoms with Crippen LogP contribution >= 0.6 is 11.6 Å². The first kappa shape index (κ1) is 20.4. The average Bonchev–Trinajstić information content (AvgIpc) is 2.72. The minimum absolute atomic E-state index is 0.200. The molecule has 148 valence electrons. The van der Waals surface area contributed by atoms with E-state index in [1.165, 1.54) is 23.6 Å². The molecule has 2 aromatic carbocycles. The molecule has 8 heteroatoms. The highest BCUT2D eigenvalue weighted by Crippen LogP contribution is 2.27. The molecule has 0 spiro atoms. The van der Waals surface area contributed by atoms with Gasteiger partial charge < -0.3 is 9.64 Å². The Balaban J connectivity index is 1.73.